The number of esters is 1. The minimum Gasteiger partial charge on any atom is -0.490 e. The maximum absolute atomic E-state index is 11.8. The van der Waals surface area contributed by atoms with Crippen LogP contribution in [0.4, 0.5) is 5.69 Å². The van der Waals surface area contributed by atoms with E-state index in [2.05, 4.69) is 5.32 Å². The minimum atomic E-state index is -0.359. The SMILES string of the molecule is O=C(COC(=O)C1CCC1)Nc1ccc2c(c1)OCCCO2. The molecule has 118 valence electrons. The van der Waals surface area contributed by atoms with Crippen molar-refractivity contribution in [3.8, 4) is 11.5 Å². The van der Waals surface area contributed by atoms with Crippen molar-refractivity contribution < 1.29 is 23.8 Å². The van der Waals surface area contributed by atoms with Crippen molar-refractivity contribution in [3.63, 3.8) is 0 Å². The van der Waals surface area contributed by atoms with Gasteiger partial charge in [-0.3, -0.25) is 9.59 Å². The molecule has 1 aromatic carbocycles. The second-order valence-corrected chi connectivity index (χ2v) is 5.50. The van der Waals surface area contributed by atoms with Gasteiger partial charge in [-0.1, -0.05) is 6.42 Å². The second-order valence-electron chi connectivity index (χ2n) is 5.50. The lowest BCUT2D eigenvalue weighted by molar-refractivity contribution is -0.154. The third kappa shape index (κ3) is 3.50. The molecule has 6 nitrogen and oxygen atoms in total. The zero-order valence-corrected chi connectivity index (χ0v) is 12.3. The fraction of sp³-hybridized carbons (Fsp3) is 0.500. The average Bonchev–Trinajstić information content (AvgIpc) is 2.68. The Morgan fingerprint density at radius 2 is 1.91 bits per heavy atom. The van der Waals surface area contributed by atoms with Crippen LogP contribution < -0.4 is 14.8 Å². The van der Waals surface area contributed by atoms with Crippen molar-refractivity contribution in [2.45, 2.75) is 25.7 Å². The molecule has 0 atom stereocenters. The molecule has 0 aromatic heterocycles. The second kappa shape index (κ2) is 6.68. The molecule has 1 fully saturated rings. The summed E-state index contributed by atoms with van der Waals surface area (Å²) in [5, 5.41) is 2.69. The molecule has 22 heavy (non-hydrogen) atoms. The Morgan fingerprint density at radius 1 is 1.14 bits per heavy atom. The number of amides is 1. The number of nitrogens with one attached hydrogen (secondary N) is 1. The van der Waals surface area contributed by atoms with Crippen molar-refractivity contribution in [2.24, 2.45) is 5.92 Å². The lowest BCUT2D eigenvalue weighted by Crippen LogP contribution is -2.28. The molecule has 0 unspecified atom stereocenters. The van der Waals surface area contributed by atoms with E-state index in [4.69, 9.17) is 14.2 Å². The van der Waals surface area contributed by atoms with Crippen LogP contribution in [0.5, 0.6) is 11.5 Å². The van der Waals surface area contributed by atoms with Crippen LogP contribution in [0.25, 0.3) is 0 Å². The highest BCUT2D eigenvalue weighted by Crippen LogP contribution is 2.32. The molecule has 0 bridgehead atoms. The smallest absolute Gasteiger partial charge is 0.309 e. The molecule has 0 saturated heterocycles. The lowest BCUT2D eigenvalue weighted by atomic mass is 9.86. The normalized spacial score (nSPS) is 17.1. The molecule has 1 heterocycles. The molecule has 0 spiro atoms. The van der Waals surface area contributed by atoms with Gasteiger partial charge < -0.3 is 19.5 Å². The summed E-state index contributed by atoms with van der Waals surface area (Å²) in [6.07, 6.45) is 3.61. The molecule has 0 radical (unpaired) electrons. The summed E-state index contributed by atoms with van der Waals surface area (Å²) >= 11 is 0. The van der Waals surface area contributed by atoms with Gasteiger partial charge in [0.15, 0.2) is 18.1 Å². The lowest BCUT2D eigenvalue weighted by Gasteiger charge is -2.22. The first-order valence-electron chi connectivity index (χ1n) is 7.58. The largest absolute Gasteiger partial charge is 0.490 e. The number of fused-ring (bicyclic) bond motifs is 1. The van der Waals surface area contributed by atoms with Gasteiger partial charge in [-0.05, 0) is 25.0 Å². The number of carbonyl (C=O) groups excluding carboxylic acids is 2. The zero-order valence-electron chi connectivity index (χ0n) is 12.3. The number of ether oxygens (including phenoxy) is 3. The molecule has 1 aliphatic heterocycles. The Kier molecular flexibility index (Phi) is 4.46. The molecule has 1 N–H and O–H groups in total. The number of benzene rings is 1. The highest BCUT2D eigenvalue weighted by Gasteiger charge is 2.27. The first-order chi connectivity index (χ1) is 10.7. The van der Waals surface area contributed by atoms with E-state index >= 15 is 0 Å². The van der Waals surface area contributed by atoms with Gasteiger partial charge >= 0.3 is 5.97 Å². The Balaban J connectivity index is 1.52. The third-order valence-corrected chi connectivity index (χ3v) is 3.82. The Morgan fingerprint density at radius 3 is 2.64 bits per heavy atom. The average molecular weight is 305 g/mol. The first kappa shape index (κ1) is 14.7. The molecule has 1 saturated carbocycles. The number of hydrogen-bond acceptors (Lipinski definition) is 5. The molecular weight excluding hydrogens is 286 g/mol. The molecule has 6 heteroatoms. The molecule has 1 amide bonds. The standard InChI is InChI=1S/C16H19NO5/c18-15(10-22-16(19)11-3-1-4-11)17-12-5-6-13-14(9-12)21-8-2-7-20-13/h5-6,9,11H,1-4,7-8,10H2,(H,17,18). The van der Waals surface area contributed by atoms with Gasteiger partial charge in [0.1, 0.15) is 0 Å². The predicted molar refractivity (Wildman–Crippen MR) is 79.0 cm³/mol. The monoisotopic (exact) mass is 305 g/mol. The van der Waals surface area contributed by atoms with Crippen LogP contribution in [0, 0.1) is 5.92 Å². The van der Waals surface area contributed by atoms with Gasteiger partial charge in [-0.2, -0.15) is 0 Å². The van der Waals surface area contributed by atoms with Crippen molar-refractivity contribution in [1.29, 1.82) is 0 Å². The molecule has 2 aliphatic rings. The van der Waals surface area contributed by atoms with Crippen molar-refractivity contribution in [3.05, 3.63) is 18.2 Å². The van der Waals surface area contributed by atoms with Gasteiger partial charge in [0.25, 0.3) is 5.91 Å². The maximum Gasteiger partial charge on any atom is 0.309 e. The van der Waals surface area contributed by atoms with E-state index in [0.29, 0.717) is 30.4 Å². The number of carbonyl (C=O) groups is 2. The van der Waals surface area contributed by atoms with Gasteiger partial charge in [-0.15, -0.1) is 0 Å². The van der Waals surface area contributed by atoms with Gasteiger partial charge in [0.2, 0.25) is 0 Å². The molecule has 1 aliphatic carbocycles. The van der Waals surface area contributed by atoms with Crippen LogP contribution in [0.2, 0.25) is 0 Å². The summed E-state index contributed by atoms with van der Waals surface area (Å²) in [6, 6.07) is 5.21. The summed E-state index contributed by atoms with van der Waals surface area (Å²) < 4.78 is 16.1. The fourth-order valence-electron chi connectivity index (χ4n) is 2.34. The number of anilines is 1. The minimum absolute atomic E-state index is 0.0224. The first-order valence-corrected chi connectivity index (χ1v) is 7.58. The van der Waals surface area contributed by atoms with E-state index in [1.165, 1.54) is 0 Å². The fourth-order valence-corrected chi connectivity index (χ4v) is 2.34. The summed E-state index contributed by atoms with van der Waals surface area (Å²) in [6.45, 7) is 0.947. The predicted octanol–water partition coefficient (Wildman–Crippen LogP) is 2.13. The van der Waals surface area contributed by atoms with Crippen LogP contribution in [0.1, 0.15) is 25.7 Å². The quantitative estimate of drug-likeness (QED) is 0.863. The van der Waals surface area contributed by atoms with Crippen LogP contribution in [0.15, 0.2) is 18.2 Å². The topological polar surface area (TPSA) is 73.9 Å². The van der Waals surface area contributed by atoms with Crippen LogP contribution in [-0.4, -0.2) is 31.7 Å². The maximum atomic E-state index is 11.8. The molecular formula is C16H19NO5. The van der Waals surface area contributed by atoms with E-state index in [1.54, 1.807) is 18.2 Å². The van der Waals surface area contributed by atoms with Crippen LogP contribution >= 0.6 is 0 Å². The Hall–Kier alpha value is -2.24. The van der Waals surface area contributed by atoms with Gasteiger partial charge in [0, 0.05) is 18.2 Å². The highest BCUT2D eigenvalue weighted by atomic mass is 16.5. The van der Waals surface area contributed by atoms with E-state index in [-0.39, 0.29) is 24.4 Å². The summed E-state index contributed by atoms with van der Waals surface area (Å²) in [5.41, 5.74) is 0.592. The summed E-state index contributed by atoms with van der Waals surface area (Å²) in [5.74, 6) is 0.627. The van der Waals surface area contributed by atoms with Crippen molar-refractivity contribution in [2.75, 3.05) is 25.1 Å². The summed E-state index contributed by atoms with van der Waals surface area (Å²) in [7, 11) is 0. The number of rotatable bonds is 4. The number of hydrogen-bond donors (Lipinski definition) is 1. The Bertz CT molecular complexity index is 568. The van der Waals surface area contributed by atoms with E-state index in [9.17, 15) is 9.59 Å². The van der Waals surface area contributed by atoms with Crippen molar-refractivity contribution >= 4 is 17.6 Å². The summed E-state index contributed by atoms with van der Waals surface area (Å²) in [4.78, 5) is 23.4. The zero-order chi connectivity index (χ0) is 15.4. The van der Waals surface area contributed by atoms with Crippen LogP contribution in [-0.2, 0) is 14.3 Å². The third-order valence-electron chi connectivity index (χ3n) is 3.82. The highest BCUT2D eigenvalue weighted by molar-refractivity contribution is 5.93. The van der Waals surface area contributed by atoms with Gasteiger partial charge in [-0.25, -0.2) is 0 Å². The molecule has 3 rings (SSSR count). The Labute approximate surface area is 128 Å². The van der Waals surface area contributed by atoms with Gasteiger partial charge in [0.05, 0.1) is 19.1 Å². The van der Waals surface area contributed by atoms with E-state index < -0.39 is 0 Å². The van der Waals surface area contributed by atoms with E-state index in [0.717, 1.165) is 25.7 Å². The molecule has 1 aromatic rings. The van der Waals surface area contributed by atoms with Crippen molar-refractivity contribution in [1.82, 2.24) is 0 Å². The van der Waals surface area contributed by atoms with Crippen LogP contribution in [0.3, 0.4) is 0 Å². The van der Waals surface area contributed by atoms with E-state index in [1.807, 2.05) is 0 Å².